The summed E-state index contributed by atoms with van der Waals surface area (Å²) in [5, 5.41) is 4.16. The van der Waals surface area contributed by atoms with Crippen LogP contribution in [0.3, 0.4) is 0 Å². The van der Waals surface area contributed by atoms with Gasteiger partial charge in [-0.15, -0.1) is 0 Å². The molecule has 0 saturated heterocycles. The highest BCUT2D eigenvalue weighted by Crippen LogP contribution is 2.35. The van der Waals surface area contributed by atoms with Crippen molar-refractivity contribution >= 4 is 50.2 Å². The number of carbonyl (C=O) groups is 3. The second kappa shape index (κ2) is 16.7. The van der Waals surface area contributed by atoms with Crippen molar-refractivity contribution in [2.75, 3.05) is 0 Å². The largest absolute Gasteiger partial charge is 0.423 e. The number of carbonyl (C=O) groups excluding carboxylic acids is 3. The molecule has 63 heavy (non-hydrogen) atoms. The summed E-state index contributed by atoms with van der Waals surface area (Å²) in [7, 11) is 0. The van der Waals surface area contributed by atoms with Gasteiger partial charge in [0.2, 0.25) is 0 Å². The molecule has 0 bridgehead atoms. The number of ether oxygens (including phenoxy) is 3. The van der Waals surface area contributed by atoms with Gasteiger partial charge >= 0.3 is 17.9 Å². The summed E-state index contributed by atoms with van der Waals surface area (Å²) in [5.74, 6) is -2.32. The highest BCUT2D eigenvalue weighted by molar-refractivity contribution is 6.11. The van der Waals surface area contributed by atoms with Crippen molar-refractivity contribution in [1.29, 1.82) is 0 Å². The summed E-state index contributed by atoms with van der Waals surface area (Å²) in [6.45, 7) is 0. The molecule has 0 aliphatic rings. The maximum Gasteiger partial charge on any atom is 0.345 e. The van der Waals surface area contributed by atoms with Crippen LogP contribution >= 0.6 is 0 Å². The zero-order valence-corrected chi connectivity index (χ0v) is 33.3. The van der Waals surface area contributed by atoms with Crippen LogP contribution in [-0.4, -0.2) is 32.9 Å². The van der Waals surface area contributed by atoms with Gasteiger partial charge in [0.05, 0.1) is 33.8 Å². The SMILES string of the molecule is O=C(Oc1cc(OC(=O)c2cnc(-c3ccccc3)c3ccccc23)cc(OC(=O)c2cnc(-c3ccccc3)c3ccccc23)c1)c1cnc(-c2ccccc2)c2ccccc12. The van der Waals surface area contributed by atoms with E-state index < -0.39 is 17.9 Å². The van der Waals surface area contributed by atoms with Crippen molar-refractivity contribution < 1.29 is 28.6 Å². The lowest BCUT2D eigenvalue weighted by Gasteiger charge is -2.14. The Morgan fingerprint density at radius 1 is 0.302 bits per heavy atom. The van der Waals surface area contributed by atoms with E-state index in [2.05, 4.69) is 15.0 Å². The van der Waals surface area contributed by atoms with Gasteiger partial charge in [0, 0.05) is 69.6 Å². The van der Waals surface area contributed by atoms with Crippen LogP contribution in [0.2, 0.25) is 0 Å². The Morgan fingerprint density at radius 3 is 0.810 bits per heavy atom. The Hall–Kier alpha value is -8.82. The molecule has 0 radical (unpaired) electrons. The molecule has 3 heterocycles. The number of rotatable bonds is 9. The molecule has 0 N–H and O–H groups in total. The summed E-state index contributed by atoms with van der Waals surface area (Å²) in [6.07, 6.45) is 4.44. The molecule has 3 aromatic heterocycles. The minimum atomic E-state index is -0.725. The van der Waals surface area contributed by atoms with Crippen LogP contribution in [0.25, 0.3) is 66.1 Å². The molecule has 9 nitrogen and oxygen atoms in total. The van der Waals surface area contributed by atoms with E-state index in [0.717, 1.165) is 32.8 Å². The first-order chi connectivity index (χ1) is 31.0. The van der Waals surface area contributed by atoms with Crippen LogP contribution in [0.4, 0.5) is 0 Å². The summed E-state index contributed by atoms with van der Waals surface area (Å²) in [6, 6.07) is 55.6. The molecule has 0 saturated carbocycles. The van der Waals surface area contributed by atoms with Crippen molar-refractivity contribution in [2.45, 2.75) is 0 Å². The van der Waals surface area contributed by atoms with Gasteiger partial charge in [-0.2, -0.15) is 0 Å². The predicted octanol–water partition coefficient (Wildman–Crippen LogP) is 12.0. The Kier molecular flexibility index (Phi) is 10.2. The molecule has 0 spiro atoms. The number of nitrogens with zero attached hydrogens (tertiary/aromatic N) is 3. The lowest BCUT2D eigenvalue weighted by atomic mass is 10.0. The average molecular weight is 820 g/mol. The topological polar surface area (TPSA) is 118 Å². The monoisotopic (exact) mass is 819 g/mol. The van der Waals surface area contributed by atoms with Gasteiger partial charge in [0.15, 0.2) is 0 Å². The molecule has 0 atom stereocenters. The van der Waals surface area contributed by atoms with Crippen molar-refractivity contribution in [3.05, 3.63) is 217 Å². The smallest absolute Gasteiger partial charge is 0.345 e. The van der Waals surface area contributed by atoms with Gasteiger partial charge in [-0.3, -0.25) is 15.0 Å². The van der Waals surface area contributed by atoms with Crippen molar-refractivity contribution in [2.24, 2.45) is 0 Å². The third kappa shape index (κ3) is 7.62. The Labute approximate surface area is 360 Å². The van der Waals surface area contributed by atoms with Gasteiger partial charge in [0.25, 0.3) is 0 Å². The molecular formula is C54H33N3O6. The number of fused-ring (bicyclic) bond motifs is 3. The fraction of sp³-hybridized carbons (Fsp3) is 0. The van der Waals surface area contributed by atoms with E-state index in [0.29, 0.717) is 33.2 Å². The van der Waals surface area contributed by atoms with Crippen LogP contribution in [0.1, 0.15) is 31.1 Å². The van der Waals surface area contributed by atoms with E-state index in [1.165, 1.54) is 36.8 Å². The third-order valence-electron chi connectivity index (χ3n) is 10.7. The number of aromatic nitrogens is 3. The molecule has 7 aromatic carbocycles. The van der Waals surface area contributed by atoms with Crippen LogP contribution in [-0.2, 0) is 0 Å². The molecule has 0 aliphatic heterocycles. The Balaban J connectivity index is 1.02. The second-order valence-electron chi connectivity index (χ2n) is 14.6. The first-order valence-corrected chi connectivity index (χ1v) is 20.1. The minimum absolute atomic E-state index is 0.0471. The van der Waals surface area contributed by atoms with Gasteiger partial charge in [-0.25, -0.2) is 14.4 Å². The maximum atomic E-state index is 14.1. The van der Waals surface area contributed by atoms with E-state index in [4.69, 9.17) is 14.2 Å². The number of pyridine rings is 3. The van der Waals surface area contributed by atoms with E-state index in [1.807, 2.05) is 164 Å². The maximum absolute atomic E-state index is 14.1. The van der Waals surface area contributed by atoms with Crippen LogP contribution in [0.15, 0.2) is 201 Å². The molecule has 0 fully saturated rings. The predicted molar refractivity (Wildman–Crippen MR) is 243 cm³/mol. The first-order valence-electron chi connectivity index (χ1n) is 20.1. The van der Waals surface area contributed by atoms with Crippen molar-refractivity contribution in [3.63, 3.8) is 0 Å². The number of hydrogen-bond acceptors (Lipinski definition) is 9. The third-order valence-corrected chi connectivity index (χ3v) is 10.7. The highest BCUT2D eigenvalue weighted by atomic mass is 16.6. The van der Waals surface area contributed by atoms with E-state index in [1.54, 1.807) is 0 Å². The number of benzene rings is 7. The zero-order chi connectivity index (χ0) is 42.7. The average Bonchev–Trinajstić information content (AvgIpc) is 3.33. The lowest BCUT2D eigenvalue weighted by Crippen LogP contribution is -2.13. The molecule has 10 aromatic rings. The molecule has 0 unspecified atom stereocenters. The summed E-state index contributed by atoms with van der Waals surface area (Å²) < 4.78 is 18.0. The van der Waals surface area contributed by atoms with Gasteiger partial charge in [-0.05, 0) is 16.2 Å². The van der Waals surface area contributed by atoms with Crippen LogP contribution in [0, 0.1) is 0 Å². The molecule has 9 heteroatoms. The van der Waals surface area contributed by atoms with E-state index in [9.17, 15) is 14.4 Å². The van der Waals surface area contributed by atoms with Crippen molar-refractivity contribution in [3.8, 4) is 51.0 Å². The summed E-state index contributed by atoms with van der Waals surface area (Å²) in [5.41, 5.74) is 5.44. The Bertz CT molecular complexity index is 3010. The molecular weight excluding hydrogens is 787 g/mol. The minimum Gasteiger partial charge on any atom is -0.423 e. The normalized spacial score (nSPS) is 11.0. The molecule has 0 aliphatic carbocycles. The van der Waals surface area contributed by atoms with Gasteiger partial charge in [0.1, 0.15) is 17.2 Å². The summed E-state index contributed by atoms with van der Waals surface area (Å²) >= 11 is 0. The molecule has 0 amide bonds. The highest BCUT2D eigenvalue weighted by Gasteiger charge is 2.22. The first kappa shape index (κ1) is 38.4. The van der Waals surface area contributed by atoms with Crippen LogP contribution < -0.4 is 14.2 Å². The Morgan fingerprint density at radius 2 is 0.540 bits per heavy atom. The fourth-order valence-corrected chi connectivity index (χ4v) is 7.75. The van der Waals surface area contributed by atoms with Gasteiger partial charge < -0.3 is 14.2 Å². The number of hydrogen-bond donors (Lipinski definition) is 0. The second-order valence-corrected chi connectivity index (χ2v) is 14.6. The lowest BCUT2D eigenvalue weighted by molar-refractivity contribution is 0.0732. The van der Waals surface area contributed by atoms with Crippen molar-refractivity contribution in [1.82, 2.24) is 15.0 Å². The zero-order valence-electron chi connectivity index (χ0n) is 33.3. The number of esters is 3. The standard InChI is InChI=1S/C54H33N3O6/c58-52(46-31-55-49(34-16-4-1-5-17-34)43-25-13-10-22-40(43)46)61-37-28-38(62-53(59)47-32-56-50(35-18-6-2-7-19-35)44-26-14-11-23-41(44)47)30-39(29-37)63-54(60)48-33-57-51(36-20-8-3-9-21-36)45-27-15-12-24-42(45)48/h1-33H. The van der Waals surface area contributed by atoms with E-state index in [-0.39, 0.29) is 33.9 Å². The quantitative estimate of drug-likeness (QED) is 0.104. The summed E-state index contributed by atoms with van der Waals surface area (Å²) in [4.78, 5) is 56.3. The molecule has 10 rings (SSSR count). The fourth-order valence-electron chi connectivity index (χ4n) is 7.75. The van der Waals surface area contributed by atoms with Gasteiger partial charge in [-0.1, -0.05) is 164 Å². The molecule has 300 valence electrons. The van der Waals surface area contributed by atoms with E-state index >= 15 is 0 Å². The van der Waals surface area contributed by atoms with Crippen LogP contribution in [0.5, 0.6) is 17.2 Å².